The second-order valence-corrected chi connectivity index (χ2v) is 6.67. The van der Waals surface area contributed by atoms with Crippen molar-refractivity contribution in [1.82, 2.24) is 0 Å². The second kappa shape index (κ2) is 5.42. The van der Waals surface area contributed by atoms with Crippen LogP contribution in [0.3, 0.4) is 0 Å². The van der Waals surface area contributed by atoms with Crippen molar-refractivity contribution in [2.24, 2.45) is 0 Å². The number of rotatable bonds is 0. The Kier molecular flexibility index (Phi) is 3.25. The summed E-state index contributed by atoms with van der Waals surface area (Å²) in [7, 11) is 0. The largest absolute Gasteiger partial charge is 1.00 e. The molecule has 0 bridgehead atoms. The van der Waals surface area contributed by atoms with Crippen LogP contribution >= 0.6 is 0 Å². The number of nitrogens with zero attached hydrogens (tertiary/aromatic N) is 1. The smallest absolute Gasteiger partial charge is 0.231 e. The van der Waals surface area contributed by atoms with E-state index in [1.54, 1.807) is 0 Å². The third-order valence-electron chi connectivity index (χ3n) is 5.38. The highest BCUT2D eigenvalue weighted by Gasteiger charge is 2.31. The molecule has 0 aliphatic carbocycles. The molecule has 3 aromatic rings. The van der Waals surface area contributed by atoms with Gasteiger partial charge in [-0.1, -0.05) is 0 Å². The molecule has 0 amide bonds. The van der Waals surface area contributed by atoms with E-state index in [1.807, 2.05) is 6.07 Å². The fourth-order valence-corrected chi connectivity index (χ4v) is 4.20. The summed E-state index contributed by atoms with van der Waals surface area (Å²) in [5, 5.41) is 2.31. The molecule has 3 aliphatic heterocycles. The van der Waals surface area contributed by atoms with Gasteiger partial charge in [0.15, 0.2) is 35.7 Å². The summed E-state index contributed by atoms with van der Waals surface area (Å²) in [4.78, 5) is 0. The van der Waals surface area contributed by atoms with Crippen molar-refractivity contribution in [3.8, 4) is 34.3 Å². The quantitative estimate of drug-likeness (QED) is 0.528. The Bertz CT molecular complexity index is 1080. The van der Waals surface area contributed by atoms with E-state index < -0.39 is 0 Å². The van der Waals surface area contributed by atoms with Crippen LogP contribution in [-0.4, -0.2) is 13.6 Å². The zero-order valence-electron chi connectivity index (χ0n) is 14.2. The van der Waals surface area contributed by atoms with E-state index in [9.17, 15) is 0 Å². The van der Waals surface area contributed by atoms with E-state index in [1.165, 1.54) is 27.8 Å². The van der Waals surface area contributed by atoms with Crippen LogP contribution in [-0.2, 0) is 13.0 Å². The highest BCUT2D eigenvalue weighted by Crippen LogP contribution is 2.44. The number of fused-ring (bicyclic) bond motifs is 7. The van der Waals surface area contributed by atoms with Crippen LogP contribution < -0.4 is 35.9 Å². The fraction of sp³-hybridized carbons (Fsp3) is 0.250. The number of aromatic nitrogens is 1. The summed E-state index contributed by atoms with van der Waals surface area (Å²) in [6.45, 7) is 3.71. The van der Waals surface area contributed by atoms with Gasteiger partial charge in [-0.3, -0.25) is 0 Å². The Balaban J connectivity index is 0.00000150. The number of hydrogen-bond donors (Lipinski definition) is 0. The van der Waals surface area contributed by atoms with Gasteiger partial charge >= 0.3 is 0 Å². The van der Waals surface area contributed by atoms with Crippen molar-refractivity contribution in [2.45, 2.75) is 19.9 Å². The first-order valence-electron chi connectivity index (χ1n) is 8.48. The van der Waals surface area contributed by atoms with Gasteiger partial charge in [0.1, 0.15) is 0 Å². The van der Waals surface area contributed by atoms with Gasteiger partial charge < -0.3 is 31.4 Å². The first kappa shape index (κ1) is 15.6. The van der Waals surface area contributed by atoms with Gasteiger partial charge in [-0.25, -0.2) is 0 Å². The normalized spacial score (nSPS) is 15.4. The molecule has 0 saturated carbocycles. The minimum atomic E-state index is 0. The molecule has 5 nitrogen and oxygen atoms in total. The van der Waals surface area contributed by atoms with Gasteiger partial charge in [0.05, 0.1) is 10.9 Å². The lowest BCUT2D eigenvalue weighted by molar-refractivity contribution is -0.686. The fourth-order valence-electron chi connectivity index (χ4n) is 4.20. The highest BCUT2D eigenvalue weighted by molar-refractivity contribution is 5.95. The molecule has 3 aliphatic rings. The van der Waals surface area contributed by atoms with E-state index in [4.69, 9.17) is 18.9 Å². The van der Waals surface area contributed by atoms with Crippen LogP contribution in [0.1, 0.15) is 11.1 Å². The molecule has 0 fully saturated rings. The number of ether oxygens (including phenoxy) is 4. The lowest BCUT2D eigenvalue weighted by atomic mass is 9.92. The average Bonchev–Trinajstić information content (AvgIpc) is 3.28. The van der Waals surface area contributed by atoms with E-state index >= 15 is 0 Å². The maximum absolute atomic E-state index is 5.72. The molecule has 1 aromatic heterocycles. The van der Waals surface area contributed by atoms with Crippen LogP contribution in [0.15, 0.2) is 30.5 Å². The predicted molar refractivity (Wildman–Crippen MR) is 90.3 cm³/mol. The molecule has 4 heterocycles. The molecule has 0 unspecified atom stereocenters. The molecule has 0 saturated heterocycles. The van der Waals surface area contributed by atoms with Crippen molar-refractivity contribution in [2.75, 3.05) is 13.6 Å². The van der Waals surface area contributed by atoms with Gasteiger partial charge in [0.25, 0.3) is 0 Å². The zero-order chi connectivity index (χ0) is 16.5. The van der Waals surface area contributed by atoms with Gasteiger partial charge in [-0.2, -0.15) is 4.57 Å². The molecule has 0 radical (unpaired) electrons. The Morgan fingerprint density at radius 3 is 2.54 bits per heavy atom. The Morgan fingerprint density at radius 2 is 1.65 bits per heavy atom. The lowest BCUT2D eigenvalue weighted by Crippen LogP contribution is -3.00. The minimum absolute atomic E-state index is 0. The molecular weight excluding hydrogens is 354 g/mol. The molecule has 6 rings (SSSR count). The Hall–Kier alpha value is -2.66. The summed E-state index contributed by atoms with van der Waals surface area (Å²) < 4.78 is 24.7. The van der Waals surface area contributed by atoms with Crippen LogP contribution in [0.5, 0.6) is 23.0 Å². The van der Waals surface area contributed by atoms with Gasteiger partial charge in [0, 0.05) is 17.4 Å². The molecule has 0 atom stereocenters. The average molecular weight is 370 g/mol. The van der Waals surface area contributed by atoms with Gasteiger partial charge in [0.2, 0.25) is 19.3 Å². The van der Waals surface area contributed by atoms with Crippen LogP contribution in [0.2, 0.25) is 0 Å². The Morgan fingerprint density at radius 1 is 0.885 bits per heavy atom. The third-order valence-corrected chi connectivity index (χ3v) is 5.38. The number of pyridine rings is 1. The monoisotopic (exact) mass is 369 g/mol. The molecular formula is C20H16ClNO4. The SMILES string of the molecule is Cc1c2[n+](cc3c4c(ccc13)OCO4)CCc1cc3c(cc1-2)OCO3.[Cl-]. The number of hydrogen-bond acceptors (Lipinski definition) is 4. The van der Waals surface area contributed by atoms with E-state index in [2.05, 4.69) is 35.9 Å². The summed E-state index contributed by atoms with van der Waals surface area (Å²) >= 11 is 0. The van der Waals surface area contributed by atoms with Crippen molar-refractivity contribution >= 4 is 10.8 Å². The summed E-state index contributed by atoms with van der Waals surface area (Å²) in [6, 6.07) is 8.37. The molecule has 0 spiro atoms. The zero-order valence-corrected chi connectivity index (χ0v) is 14.9. The topological polar surface area (TPSA) is 40.8 Å². The Labute approximate surface area is 156 Å². The standard InChI is InChI=1S/C20H16NO4.ClH/c1-11-13-2-3-16-20(25-10-22-16)15(13)8-21-5-4-12-6-17-18(24-9-23-17)7-14(12)19(11)21;/h2-3,6-8H,4-5,9-10H2,1H3;1H/q+1;/p-1. The maximum Gasteiger partial charge on any atom is 0.231 e. The first-order chi connectivity index (χ1) is 12.3. The first-order valence-corrected chi connectivity index (χ1v) is 8.48. The highest BCUT2D eigenvalue weighted by atomic mass is 35.5. The maximum atomic E-state index is 5.72. The van der Waals surface area contributed by atoms with Crippen molar-refractivity contribution in [1.29, 1.82) is 0 Å². The van der Waals surface area contributed by atoms with E-state index in [0.29, 0.717) is 13.6 Å². The predicted octanol–water partition coefficient (Wildman–Crippen LogP) is 0.120. The number of aryl methyl sites for hydroxylation is 3. The van der Waals surface area contributed by atoms with Crippen molar-refractivity contribution in [3.05, 3.63) is 41.6 Å². The van der Waals surface area contributed by atoms with Crippen molar-refractivity contribution in [3.63, 3.8) is 0 Å². The summed E-state index contributed by atoms with van der Waals surface area (Å²) in [5.41, 5.74) is 5.03. The number of benzene rings is 2. The van der Waals surface area contributed by atoms with Crippen molar-refractivity contribution < 1.29 is 35.9 Å². The molecule has 0 N–H and O–H groups in total. The number of halogens is 1. The van der Waals surface area contributed by atoms with E-state index in [0.717, 1.165) is 41.3 Å². The minimum Gasteiger partial charge on any atom is -1.00 e. The van der Waals surface area contributed by atoms with Crippen LogP contribution in [0.25, 0.3) is 22.0 Å². The summed E-state index contributed by atoms with van der Waals surface area (Å²) in [6.07, 6.45) is 3.17. The van der Waals surface area contributed by atoms with E-state index in [-0.39, 0.29) is 12.4 Å². The van der Waals surface area contributed by atoms with Gasteiger partial charge in [-0.15, -0.1) is 0 Å². The lowest BCUT2D eigenvalue weighted by Gasteiger charge is -2.18. The van der Waals surface area contributed by atoms with Gasteiger partial charge in [-0.05, 0) is 36.8 Å². The molecule has 6 heteroatoms. The van der Waals surface area contributed by atoms with Crippen LogP contribution in [0.4, 0.5) is 0 Å². The third kappa shape index (κ3) is 1.95. The van der Waals surface area contributed by atoms with Crippen LogP contribution in [0, 0.1) is 6.92 Å². The summed E-state index contributed by atoms with van der Waals surface area (Å²) in [5.74, 6) is 3.37. The molecule has 26 heavy (non-hydrogen) atoms. The molecule has 132 valence electrons. The second-order valence-electron chi connectivity index (χ2n) is 6.67. The molecule has 2 aromatic carbocycles.